The van der Waals surface area contributed by atoms with Crippen molar-refractivity contribution in [2.75, 3.05) is 0 Å². The van der Waals surface area contributed by atoms with Crippen molar-refractivity contribution in [3.63, 3.8) is 0 Å². The standard InChI is InChI=1S/C17H21N3OS/c1-12-5-4-6-13(9-12)19-16(21)10-14-11-22-17(20-14)15-7-2-3-8-18-15/h2-3,7-8,11-13H,4-6,9-10H2,1H3,(H,19,21)/t12-,13+/m1/s1. The van der Waals surface area contributed by atoms with Crippen LogP contribution >= 0.6 is 11.3 Å². The normalized spacial score (nSPS) is 21.5. The van der Waals surface area contributed by atoms with E-state index in [0.29, 0.717) is 18.4 Å². The van der Waals surface area contributed by atoms with Gasteiger partial charge in [-0.25, -0.2) is 4.98 Å². The van der Waals surface area contributed by atoms with Gasteiger partial charge in [0.05, 0.1) is 17.8 Å². The van der Waals surface area contributed by atoms with Crippen LogP contribution in [-0.2, 0) is 11.2 Å². The number of hydrogen-bond donors (Lipinski definition) is 1. The van der Waals surface area contributed by atoms with Gasteiger partial charge in [-0.2, -0.15) is 0 Å². The van der Waals surface area contributed by atoms with E-state index in [9.17, 15) is 4.79 Å². The zero-order valence-electron chi connectivity index (χ0n) is 12.8. The third-order valence-corrected chi connectivity index (χ3v) is 4.99. The first-order valence-corrected chi connectivity index (χ1v) is 8.74. The van der Waals surface area contributed by atoms with Crippen LogP contribution in [0.1, 0.15) is 38.3 Å². The topological polar surface area (TPSA) is 54.9 Å². The van der Waals surface area contributed by atoms with Crippen LogP contribution in [0.15, 0.2) is 29.8 Å². The molecular formula is C17H21N3OS. The molecule has 116 valence electrons. The fourth-order valence-corrected chi connectivity index (χ4v) is 3.80. The summed E-state index contributed by atoms with van der Waals surface area (Å²) in [5.41, 5.74) is 1.69. The molecule has 1 amide bonds. The Bertz CT molecular complexity index is 626. The zero-order chi connectivity index (χ0) is 15.4. The number of aromatic nitrogens is 2. The van der Waals surface area contributed by atoms with Crippen LogP contribution in [0.3, 0.4) is 0 Å². The molecule has 2 aromatic heterocycles. The molecule has 0 saturated heterocycles. The van der Waals surface area contributed by atoms with Crippen molar-refractivity contribution in [3.05, 3.63) is 35.5 Å². The smallest absolute Gasteiger partial charge is 0.226 e. The number of nitrogens with zero attached hydrogens (tertiary/aromatic N) is 2. The van der Waals surface area contributed by atoms with Gasteiger partial charge in [-0.05, 0) is 30.9 Å². The van der Waals surface area contributed by atoms with Crippen molar-refractivity contribution in [1.82, 2.24) is 15.3 Å². The second-order valence-corrected chi connectivity index (χ2v) is 6.93. The average Bonchev–Trinajstić information content (AvgIpc) is 2.96. The summed E-state index contributed by atoms with van der Waals surface area (Å²) in [5.74, 6) is 0.797. The first-order chi connectivity index (χ1) is 10.7. The summed E-state index contributed by atoms with van der Waals surface area (Å²) >= 11 is 1.54. The number of rotatable bonds is 4. The minimum atomic E-state index is 0.0805. The Hall–Kier alpha value is -1.75. The first-order valence-electron chi connectivity index (χ1n) is 7.86. The molecule has 0 unspecified atom stereocenters. The summed E-state index contributed by atoms with van der Waals surface area (Å²) in [7, 11) is 0. The van der Waals surface area contributed by atoms with E-state index in [1.54, 1.807) is 6.20 Å². The Morgan fingerprint density at radius 3 is 3.09 bits per heavy atom. The highest BCUT2D eigenvalue weighted by molar-refractivity contribution is 7.13. The van der Waals surface area contributed by atoms with Crippen molar-refractivity contribution in [3.8, 4) is 10.7 Å². The van der Waals surface area contributed by atoms with Gasteiger partial charge in [0, 0.05) is 17.6 Å². The summed E-state index contributed by atoms with van der Waals surface area (Å²) in [6.07, 6.45) is 6.81. The van der Waals surface area contributed by atoms with Crippen LogP contribution in [-0.4, -0.2) is 21.9 Å². The molecule has 2 atom stereocenters. The van der Waals surface area contributed by atoms with Crippen molar-refractivity contribution in [1.29, 1.82) is 0 Å². The van der Waals surface area contributed by atoms with Gasteiger partial charge >= 0.3 is 0 Å². The van der Waals surface area contributed by atoms with E-state index in [1.165, 1.54) is 24.2 Å². The van der Waals surface area contributed by atoms with E-state index in [-0.39, 0.29) is 5.91 Å². The average molecular weight is 315 g/mol. The molecule has 1 fully saturated rings. The van der Waals surface area contributed by atoms with Crippen LogP contribution in [0.25, 0.3) is 10.7 Å². The maximum Gasteiger partial charge on any atom is 0.226 e. The minimum Gasteiger partial charge on any atom is -0.353 e. The maximum absolute atomic E-state index is 12.2. The number of carbonyl (C=O) groups excluding carboxylic acids is 1. The Morgan fingerprint density at radius 2 is 2.32 bits per heavy atom. The molecule has 0 radical (unpaired) electrons. The number of pyridine rings is 1. The van der Waals surface area contributed by atoms with E-state index in [0.717, 1.165) is 29.2 Å². The second kappa shape index (κ2) is 7.01. The van der Waals surface area contributed by atoms with Crippen molar-refractivity contribution < 1.29 is 4.79 Å². The maximum atomic E-state index is 12.2. The molecule has 5 heteroatoms. The van der Waals surface area contributed by atoms with Gasteiger partial charge in [-0.15, -0.1) is 11.3 Å². The number of nitrogens with one attached hydrogen (secondary N) is 1. The third kappa shape index (κ3) is 3.91. The van der Waals surface area contributed by atoms with E-state index < -0.39 is 0 Å². The minimum absolute atomic E-state index is 0.0805. The molecular weight excluding hydrogens is 294 g/mol. The van der Waals surface area contributed by atoms with Gasteiger partial charge in [0.2, 0.25) is 5.91 Å². The molecule has 2 heterocycles. The molecule has 1 N–H and O–H groups in total. The Kier molecular flexibility index (Phi) is 4.83. The number of amides is 1. The SMILES string of the molecule is C[C@@H]1CCC[C@H](NC(=O)Cc2csc(-c3ccccn3)n2)C1. The lowest BCUT2D eigenvalue weighted by Crippen LogP contribution is -2.38. The van der Waals surface area contributed by atoms with Gasteiger partial charge in [0.15, 0.2) is 0 Å². The number of hydrogen-bond acceptors (Lipinski definition) is 4. The summed E-state index contributed by atoms with van der Waals surface area (Å²) in [6, 6.07) is 6.11. The van der Waals surface area contributed by atoms with Crippen molar-refractivity contribution >= 4 is 17.2 Å². The Labute approximate surface area is 135 Å². The molecule has 4 nitrogen and oxygen atoms in total. The molecule has 0 bridgehead atoms. The lowest BCUT2D eigenvalue weighted by molar-refractivity contribution is -0.121. The molecule has 1 aliphatic carbocycles. The van der Waals surface area contributed by atoms with Crippen LogP contribution in [0.4, 0.5) is 0 Å². The van der Waals surface area contributed by atoms with Crippen molar-refractivity contribution in [2.24, 2.45) is 5.92 Å². The molecule has 2 aromatic rings. The molecule has 0 aliphatic heterocycles. The number of carbonyl (C=O) groups is 1. The fraction of sp³-hybridized carbons (Fsp3) is 0.471. The summed E-state index contributed by atoms with van der Waals surface area (Å²) in [5, 5.41) is 5.98. The highest BCUT2D eigenvalue weighted by Gasteiger charge is 2.20. The van der Waals surface area contributed by atoms with Gasteiger partial charge in [-0.1, -0.05) is 25.8 Å². The first kappa shape index (κ1) is 15.2. The monoisotopic (exact) mass is 315 g/mol. The van der Waals surface area contributed by atoms with Crippen LogP contribution in [0, 0.1) is 5.92 Å². The van der Waals surface area contributed by atoms with E-state index in [2.05, 4.69) is 22.2 Å². The molecule has 0 aromatic carbocycles. The van der Waals surface area contributed by atoms with Crippen LogP contribution in [0.5, 0.6) is 0 Å². The molecule has 0 spiro atoms. The summed E-state index contributed by atoms with van der Waals surface area (Å²) in [6.45, 7) is 2.26. The second-order valence-electron chi connectivity index (χ2n) is 6.07. The molecule has 1 saturated carbocycles. The van der Waals surface area contributed by atoms with Crippen LogP contribution in [0.2, 0.25) is 0 Å². The Morgan fingerprint density at radius 1 is 1.41 bits per heavy atom. The van der Waals surface area contributed by atoms with Gasteiger partial charge in [0.25, 0.3) is 0 Å². The predicted molar refractivity (Wildman–Crippen MR) is 88.6 cm³/mol. The lowest BCUT2D eigenvalue weighted by Gasteiger charge is -2.27. The Balaban J connectivity index is 1.57. The molecule has 1 aliphatic rings. The molecule has 3 rings (SSSR count). The van der Waals surface area contributed by atoms with E-state index in [4.69, 9.17) is 0 Å². The quantitative estimate of drug-likeness (QED) is 0.940. The van der Waals surface area contributed by atoms with Crippen LogP contribution < -0.4 is 5.32 Å². The summed E-state index contributed by atoms with van der Waals surface area (Å²) < 4.78 is 0. The highest BCUT2D eigenvalue weighted by atomic mass is 32.1. The summed E-state index contributed by atoms with van der Waals surface area (Å²) in [4.78, 5) is 21.0. The van der Waals surface area contributed by atoms with E-state index >= 15 is 0 Å². The predicted octanol–water partition coefficient (Wildman–Crippen LogP) is 3.44. The third-order valence-electron chi connectivity index (χ3n) is 4.08. The lowest BCUT2D eigenvalue weighted by atomic mass is 9.87. The van der Waals surface area contributed by atoms with E-state index in [1.807, 2.05) is 23.6 Å². The highest BCUT2D eigenvalue weighted by Crippen LogP contribution is 2.24. The zero-order valence-corrected chi connectivity index (χ0v) is 13.6. The van der Waals surface area contributed by atoms with Gasteiger partial charge in [-0.3, -0.25) is 9.78 Å². The molecule has 22 heavy (non-hydrogen) atoms. The number of thiazole rings is 1. The van der Waals surface area contributed by atoms with Crippen molar-refractivity contribution in [2.45, 2.75) is 45.1 Å². The largest absolute Gasteiger partial charge is 0.353 e. The van der Waals surface area contributed by atoms with Gasteiger partial charge in [0.1, 0.15) is 5.01 Å². The van der Waals surface area contributed by atoms with Gasteiger partial charge < -0.3 is 5.32 Å². The fourth-order valence-electron chi connectivity index (χ4n) is 3.00.